The second-order valence-corrected chi connectivity index (χ2v) is 4.42. The van der Waals surface area contributed by atoms with E-state index in [1.54, 1.807) is 0 Å². The number of benzene rings is 1. The molecule has 1 N–H and O–H groups in total. The number of hydrogen-bond acceptors (Lipinski definition) is 1. The molecule has 1 aromatic rings. The summed E-state index contributed by atoms with van der Waals surface area (Å²) in [5.74, 6) is -1.87. The number of rotatable bonds is 3. The van der Waals surface area contributed by atoms with Gasteiger partial charge in [-0.2, -0.15) is 0 Å². The fraction of sp³-hybridized carbons (Fsp3) is 0.417. The van der Waals surface area contributed by atoms with Crippen LogP contribution in [0.3, 0.4) is 0 Å². The minimum Gasteiger partial charge on any atom is -0.355 e. The number of halogens is 2. The molecule has 4 heteroatoms. The molecule has 0 aliphatic carbocycles. The smallest absolute Gasteiger partial charge is 0.216 e. The van der Waals surface area contributed by atoms with Crippen molar-refractivity contribution in [1.29, 1.82) is 0 Å². The average molecular weight is 227 g/mol. The van der Waals surface area contributed by atoms with Gasteiger partial charge in [0.2, 0.25) is 5.91 Å². The summed E-state index contributed by atoms with van der Waals surface area (Å²) < 4.78 is 25.8. The molecule has 1 amide bonds. The van der Waals surface area contributed by atoms with Crippen molar-refractivity contribution >= 4 is 5.91 Å². The third kappa shape index (κ3) is 3.02. The highest BCUT2D eigenvalue weighted by Gasteiger charge is 2.22. The van der Waals surface area contributed by atoms with Gasteiger partial charge in [-0.15, -0.1) is 0 Å². The normalized spacial score (nSPS) is 11.3. The number of amides is 1. The predicted molar refractivity (Wildman–Crippen MR) is 58.1 cm³/mol. The Morgan fingerprint density at radius 1 is 1.31 bits per heavy atom. The van der Waals surface area contributed by atoms with Crippen molar-refractivity contribution < 1.29 is 13.6 Å². The Labute approximate surface area is 93.7 Å². The zero-order valence-electron chi connectivity index (χ0n) is 9.60. The van der Waals surface area contributed by atoms with E-state index >= 15 is 0 Å². The molecule has 0 unspecified atom stereocenters. The van der Waals surface area contributed by atoms with Crippen LogP contribution < -0.4 is 5.32 Å². The highest BCUT2D eigenvalue weighted by molar-refractivity contribution is 5.72. The van der Waals surface area contributed by atoms with E-state index in [1.165, 1.54) is 13.0 Å². The van der Waals surface area contributed by atoms with Gasteiger partial charge in [0, 0.05) is 18.9 Å². The fourth-order valence-corrected chi connectivity index (χ4v) is 1.36. The van der Waals surface area contributed by atoms with Gasteiger partial charge >= 0.3 is 0 Å². The van der Waals surface area contributed by atoms with E-state index in [2.05, 4.69) is 5.32 Å². The van der Waals surface area contributed by atoms with Crippen LogP contribution in [0.2, 0.25) is 0 Å². The Balaban J connectivity index is 2.88. The minimum atomic E-state index is -0.867. The van der Waals surface area contributed by atoms with E-state index in [0.29, 0.717) is 12.1 Å². The Morgan fingerprint density at radius 2 is 1.94 bits per heavy atom. The van der Waals surface area contributed by atoms with Gasteiger partial charge in [-0.25, -0.2) is 8.78 Å². The van der Waals surface area contributed by atoms with Crippen molar-refractivity contribution in [3.05, 3.63) is 35.4 Å². The maximum atomic E-state index is 13.0. The lowest BCUT2D eigenvalue weighted by atomic mass is 9.84. The molecular formula is C12H15F2NO. The molecule has 0 spiro atoms. The molecule has 0 aromatic heterocycles. The molecule has 0 saturated heterocycles. The Morgan fingerprint density at radius 3 is 2.44 bits per heavy atom. The van der Waals surface area contributed by atoms with Gasteiger partial charge in [-0.3, -0.25) is 4.79 Å². The molecule has 0 aliphatic rings. The highest BCUT2D eigenvalue weighted by Crippen LogP contribution is 2.23. The molecule has 0 fully saturated rings. The van der Waals surface area contributed by atoms with E-state index in [9.17, 15) is 13.6 Å². The molecule has 0 radical (unpaired) electrons. The van der Waals surface area contributed by atoms with Crippen LogP contribution >= 0.6 is 0 Å². The summed E-state index contributed by atoms with van der Waals surface area (Å²) in [6.07, 6.45) is 0. The summed E-state index contributed by atoms with van der Waals surface area (Å²) in [6, 6.07) is 3.79. The summed E-state index contributed by atoms with van der Waals surface area (Å²) in [6.45, 7) is 5.51. The lowest BCUT2D eigenvalue weighted by Crippen LogP contribution is -2.35. The number of carbonyl (C=O) groups is 1. The van der Waals surface area contributed by atoms with Crippen LogP contribution in [0.15, 0.2) is 18.2 Å². The van der Waals surface area contributed by atoms with E-state index in [0.717, 1.165) is 12.1 Å². The van der Waals surface area contributed by atoms with E-state index in [1.807, 2.05) is 13.8 Å². The molecule has 0 bridgehead atoms. The summed E-state index contributed by atoms with van der Waals surface area (Å²) in [5, 5.41) is 2.66. The Kier molecular flexibility index (Phi) is 3.62. The van der Waals surface area contributed by atoms with Crippen LogP contribution in [0.25, 0.3) is 0 Å². The molecule has 88 valence electrons. The molecule has 0 aliphatic heterocycles. The van der Waals surface area contributed by atoms with E-state index < -0.39 is 17.0 Å². The van der Waals surface area contributed by atoms with Crippen molar-refractivity contribution in [2.45, 2.75) is 26.2 Å². The van der Waals surface area contributed by atoms with Gasteiger partial charge in [-0.1, -0.05) is 19.9 Å². The lowest BCUT2D eigenvalue weighted by Gasteiger charge is -2.25. The standard InChI is InChI=1S/C12H15F2NO/c1-8(16)15-7-12(2,3)9-4-5-10(13)11(14)6-9/h4-6H,7H2,1-3H3,(H,15,16). The summed E-state index contributed by atoms with van der Waals surface area (Å²) in [7, 11) is 0. The minimum absolute atomic E-state index is 0.143. The van der Waals surface area contributed by atoms with Crippen molar-refractivity contribution in [2.75, 3.05) is 6.54 Å². The fourth-order valence-electron chi connectivity index (χ4n) is 1.36. The first-order valence-corrected chi connectivity index (χ1v) is 5.03. The van der Waals surface area contributed by atoms with Gasteiger partial charge < -0.3 is 5.32 Å². The molecule has 2 nitrogen and oxygen atoms in total. The highest BCUT2D eigenvalue weighted by atomic mass is 19.2. The van der Waals surface area contributed by atoms with Gasteiger partial charge in [0.25, 0.3) is 0 Å². The molecule has 1 rings (SSSR count). The first-order chi connectivity index (χ1) is 7.33. The quantitative estimate of drug-likeness (QED) is 0.844. The topological polar surface area (TPSA) is 29.1 Å². The first-order valence-electron chi connectivity index (χ1n) is 5.03. The molecule has 0 atom stereocenters. The molecular weight excluding hydrogens is 212 g/mol. The van der Waals surface area contributed by atoms with Gasteiger partial charge in [0.05, 0.1) is 0 Å². The Hall–Kier alpha value is -1.45. The van der Waals surface area contributed by atoms with E-state index in [4.69, 9.17) is 0 Å². The summed E-state index contributed by atoms with van der Waals surface area (Å²) in [5.41, 5.74) is 0.223. The van der Waals surface area contributed by atoms with Crippen molar-refractivity contribution in [2.24, 2.45) is 0 Å². The molecule has 1 aromatic carbocycles. The largest absolute Gasteiger partial charge is 0.355 e. The maximum Gasteiger partial charge on any atom is 0.216 e. The molecule has 16 heavy (non-hydrogen) atoms. The third-order valence-electron chi connectivity index (χ3n) is 2.48. The first kappa shape index (κ1) is 12.6. The number of hydrogen-bond donors (Lipinski definition) is 1. The number of carbonyl (C=O) groups excluding carboxylic acids is 1. The van der Waals surface area contributed by atoms with Crippen molar-refractivity contribution in [3.8, 4) is 0 Å². The SMILES string of the molecule is CC(=O)NCC(C)(C)c1ccc(F)c(F)c1. The Bertz CT molecular complexity index is 402. The van der Waals surface area contributed by atoms with Gasteiger partial charge in [0.1, 0.15) is 0 Å². The van der Waals surface area contributed by atoms with E-state index in [-0.39, 0.29) is 5.91 Å². The number of nitrogens with one attached hydrogen (secondary N) is 1. The second kappa shape index (κ2) is 4.60. The zero-order valence-corrected chi connectivity index (χ0v) is 9.60. The lowest BCUT2D eigenvalue weighted by molar-refractivity contribution is -0.119. The third-order valence-corrected chi connectivity index (χ3v) is 2.48. The molecule has 0 saturated carbocycles. The van der Waals surface area contributed by atoms with Crippen molar-refractivity contribution in [3.63, 3.8) is 0 Å². The van der Waals surface area contributed by atoms with Crippen molar-refractivity contribution in [1.82, 2.24) is 5.32 Å². The van der Waals surface area contributed by atoms with Crippen LogP contribution in [0.4, 0.5) is 8.78 Å². The van der Waals surface area contributed by atoms with Crippen LogP contribution in [0, 0.1) is 11.6 Å². The van der Waals surface area contributed by atoms with Crippen LogP contribution in [-0.2, 0) is 10.2 Å². The zero-order chi connectivity index (χ0) is 12.3. The van der Waals surface area contributed by atoms with Crippen LogP contribution in [0.1, 0.15) is 26.3 Å². The summed E-state index contributed by atoms with van der Waals surface area (Å²) in [4.78, 5) is 10.8. The predicted octanol–water partition coefficient (Wildman–Crippen LogP) is 2.38. The molecule has 0 heterocycles. The monoisotopic (exact) mass is 227 g/mol. The maximum absolute atomic E-state index is 13.0. The van der Waals surface area contributed by atoms with Gasteiger partial charge in [-0.05, 0) is 17.7 Å². The average Bonchev–Trinajstić information content (AvgIpc) is 2.19. The van der Waals surface area contributed by atoms with Crippen LogP contribution in [-0.4, -0.2) is 12.5 Å². The van der Waals surface area contributed by atoms with Gasteiger partial charge in [0.15, 0.2) is 11.6 Å². The van der Waals surface area contributed by atoms with Crippen LogP contribution in [0.5, 0.6) is 0 Å². The summed E-state index contributed by atoms with van der Waals surface area (Å²) >= 11 is 0. The second-order valence-electron chi connectivity index (χ2n) is 4.42.